The summed E-state index contributed by atoms with van der Waals surface area (Å²) in [6, 6.07) is 13.1. The highest BCUT2D eigenvalue weighted by molar-refractivity contribution is 5.98. The molecular weight excluding hydrogens is 422 g/mol. The van der Waals surface area contributed by atoms with E-state index in [4.69, 9.17) is 13.9 Å². The van der Waals surface area contributed by atoms with Crippen LogP contribution in [0, 0.1) is 6.92 Å². The van der Waals surface area contributed by atoms with E-state index in [1.165, 1.54) is 0 Å². The quantitative estimate of drug-likeness (QED) is 0.418. The number of carbonyl (C=O) groups is 2. The third-order valence-electron chi connectivity index (χ3n) is 6.11. The van der Waals surface area contributed by atoms with Crippen molar-refractivity contribution in [3.8, 4) is 5.75 Å². The molecule has 172 valence electrons. The summed E-state index contributed by atoms with van der Waals surface area (Å²) in [6.07, 6.45) is 1.02. The highest BCUT2D eigenvalue weighted by Gasteiger charge is 2.28. The molecule has 2 heterocycles. The van der Waals surface area contributed by atoms with Gasteiger partial charge in [0.1, 0.15) is 11.3 Å². The first-order valence-corrected chi connectivity index (χ1v) is 11.1. The number of nitrogens with zero attached hydrogens (tertiary/aromatic N) is 1. The maximum atomic E-state index is 13.0. The van der Waals surface area contributed by atoms with Gasteiger partial charge in [-0.05, 0) is 62.4 Å². The van der Waals surface area contributed by atoms with Gasteiger partial charge in [-0.25, -0.2) is 4.79 Å². The number of anilines is 1. The van der Waals surface area contributed by atoms with Crippen LogP contribution in [0.2, 0.25) is 0 Å². The SMILES string of the molecule is COc1ccc2c(C)c(CCC(=O)O[C@H](C)C(=O)N3CCCc4ccccc43)c(=O)oc2c1. The lowest BCUT2D eigenvalue weighted by atomic mass is 10.0. The number of ether oxygens (including phenoxy) is 2. The number of rotatable bonds is 6. The van der Waals surface area contributed by atoms with Crippen molar-refractivity contribution in [2.75, 3.05) is 18.6 Å². The number of esters is 1. The lowest BCUT2D eigenvalue weighted by Crippen LogP contribution is -2.42. The maximum absolute atomic E-state index is 13.0. The second-order valence-corrected chi connectivity index (χ2v) is 8.21. The Morgan fingerprint density at radius 2 is 1.97 bits per heavy atom. The minimum Gasteiger partial charge on any atom is -0.497 e. The van der Waals surface area contributed by atoms with Gasteiger partial charge in [0.15, 0.2) is 6.10 Å². The average molecular weight is 450 g/mol. The van der Waals surface area contributed by atoms with E-state index in [9.17, 15) is 14.4 Å². The largest absolute Gasteiger partial charge is 0.497 e. The van der Waals surface area contributed by atoms with Gasteiger partial charge in [-0.3, -0.25) is 9.59 Å². The van der Waals surface area contributed by atoms with E-state index in [0.29, 0.717) is 23.4 Å². The average Bonchev–Trinajstić information content (AvgIpc) is 2.82. The van der Waals surface area contributed by atoms with Crippen molar-refractivity contribution >= 4 is 28.5 Å². The number of hydrogen-bond acceptors (Lipinski definition) is 6. The molecule has 7 heteroatoms. The van der Waals surface area contributed by atoms with Gasteiger partial charge in [0.25, 0.3) is 5.91 Å². The first-order chi connectivity index (χ1) is 15.9. The molecule has 1 aliphatic rings. The number of para-hydroxylation sites is 1. The van der Waals surface area contributed by atoms with Gasteiger partial charge >= 0.3 is 11.6 Å². The van der Waals surface area contributed by atoms with Crippen LogP contribution in [0.1, 0.15) is 36.5 Å². The first-order valence-electron chi connectivity index (χ1n) is 11.1. The lowest BCUT2D eigenvalue weighted by molar-refractivity contribution is -0.153. The molecule has 0 aliphatic carbocycles. The van der Waals surface area contributed by atoms with E-state index in [-0.39, 0.29) is 18.7 Å². The molecule has 33 heavy (non-hydrogen) atoms. The van der Waals surface area contributed by atoms with E-state index in [2.05, 4.69) is 0 Å². The second-order valence-electron chi connectivity index (χ2n) is 8.21. The molecule has 0 saturated heterocycles. The van der Waals surface area contributed by atoms with Gasteiger partial charge in [-0.2, -0.15) is 0 Å². The van der Waals surface area contributed by atoms with Gasteiger partial charge < -0.3 is 18.8 Å². The Bertz CT molecular complexity index is 1260. The molecular formula is C26H27NO6. The van der Waals surface area contributed by atoms with Gasteiger partial charge in [0, 0.05) is 35.7 Å². The Hall–Kier alpha value is -3.61. The monoisotopic (exact) mass is 449 g/mol. The molecule has 7 nitrogen and oxygen atoms in total. The number of carbonyl (C=O) groups excluding carboxylic acids is 2. The molecule has 0 radical (unpaired) electrons. The second kappa shape index (κ2) is 9.48. The third kappa shape index (κ3) is 4.62. The van der Waals surface area contributed by atoms with Crippen LogP contribution in [-0.2, 0) is 27.2 Å². The van der Waals surface area contributed by atoms with E-state index >= 15 is 0 Å². The van der Waals surface area contributed by atoms with Crippen LogP contribution >= 0.6 is 0 Å². The van der Waals surface area contributed by atoms with Gasteiger partial charge in [0.2, 0.25) is 0 Å². The summed E-state index contributed by atoms with van der Waals surface area (Å²) in [6.45, 7) is 4.01. The zero-order chi connectivity index (χ0) is 23.5. The van der Waals surface area contributed by atoms with Gasteiger partial charge in [-0.15, -0.1) is 0 Å². The zero-order valence-electron chi connectivity index (χ0n) is 19.1. The van der Waals surface area contributed by atoms with Crippen LogP contribution in [0.25, 0.3) is 11.0 Å². The molecule has 2 aromatic carbocycles. The highest BCUT2D eigenvalue weighted by atomic mass is 16.5. The van der Waals surface area contributed by atoms with E-state index in [1.54, 1.807) is 31.1 Å². The van der Waals surface area contributed by atoms with Crippen molar-refractivity contribution in [3.63, 3.8) is 0 Å². The summed E-state index contributed by atoms with van der Waals surface area (Å²) in [4.78, 5) is 39.6. The van der Waals surface area contributed by atoms with Crippen molar-refractivity contribution in [2.24, 2.45) is 0 Å². The summed E-state index contributed by atoms with van der Waals surface area (Å²) >= 11 is 0. The minimum absolute atomic E-state index is 0.0263. The maximum Gasteiger partial charge on any atom is 0.339 e. The van der Waals surface area contributed by atoms with Crippen LogP contribution in [-0.4, -0.2) is 31.6 Å². The molecule has 0 N–H and O–H groups in total. The van der Waals surface area contributed by atoms with Crippen LogP contribution in [0.5, 0.6) is 5.75 Å². The number of fused-ring (bicyclic) bond motifs is 2. The van der Waals surface area contributed by atoms with Crippen LogP contribution in [0.3, 0.4) is 0 Å². The molecule has 0 unspecified atom stereocenters. The van der Waals surface area contributed by atoms with Gasteiger partial charge in [0.05, 0.1) is 7.11 Å². The van der Waals surface area contributed by atoms with Crippen LogP contribution in [0.15, 0.2) is 51.7 Å². The van der Waals surface area contributed by atoms with Crippen molar-refractivity contribution in [3.05, 3.63) is 69.6 Å². The molecule has 1 aliphatic heterocycles. The molecule has 0 fully saturated rings. The molecule has 0 spiro atoms. The number of hydrogen-bond donors (Lipinski definition) is 0. The Labute approximate surface area is 191 Å². The van der Waals surface area contributed by atoms with E-state index in [1.807, 2.05) is 37.3 Å². The third-order valence-corrected chi connectivity index (χ3v) is 6.11. The zero-order valence-corrected chi connectivity index (χ0v) is 19.1. The Morgan fingerprint density at radius 1 is 1.18 bits per heavy atom. The van der Waals surface area contributed by atoms with Crippen molar-refractivity contribution < 1.29 is 23.5 Å². The van der Waals surface area contributed by atoms with E-state index < -0.39 is 17.7 Å². The lowest BCUT2D eigenvalue weighted by Gasteiger charge is -2.31. The molecule has 1 amide bonds. The summed E-state index contributed by atoms with van der Waals surface area (Å²) in [5.41, 5.74) is 3.11. The van der Waals surface area contributed by atoms with Crippen LogP contribution in [0.4, 0.5) is 5.69 Å². The van der Waals surface area contributed by atoms with Crippen molar-refractivity contribution in [2.45, 2.75) is 45.6 Å². The number of aryl methyl sites for hydroxylation is 2. The molecule has 1 aromatic heterocycles. The van der Waals surface area contributed by atoms with Crippen molar-refractivity contribution in [1.29, 1.82) is 0 Å². The molecule has 0 bridgehead atoms. The topological polar surface area (TPSA) is 86.0 Å². The molecule has 0 saturated carbocycles. The summed E-state index contributed by atoms with van der Waals surface area (Å²) < 4.78 is 16.0. The number of amides is 1. The molecule has 1 atom stereocenters. The molecule has 3 aromatic rings. The molecule has 4 rings (SSSR count). The Kier molecular flexibility index (Phi) is 6.49. The fraction of sp³-hybridized carbons (Fsp3) is 0.346. The summed E-state index contributed by atoms with van der Waals surface area (Å²) in [5, 5.41) is 0.783. The first kappa shape index (κ1) is 22.6. The Balaban J connectivity index is 1.42. The Morgan fingerprint density at radius 3 is 2.76 bits per heavy atom. The van der Waals surface area contributed by atoms with Gasteiger partial charge in [-0.1, -0.05) is 18.2 Å². The minimum atomic E-state index is -0.912. The number of methoxy groups -OCH3 is 1. The highest BCUT2D eigenvalue weighted by Crippen LogP contribution is 2.28. The smallest absolute Gasteiger partial charge is 0.339 e. The summed E-state index contributed by atoms with van der Waals surface area (Å²) in [7, 11) is 1.54. The van der Waals surface area contributed by atoms with E-state index in [0.717, 1.165) is 35.0 Å². The normalized spacial score (nSPS) is 14.0. The van der Waals surface area contributed by atoms with Crippen molar-refractivity contribution in [1.82, 2.24) is 0 Å². The predicted molar refractivity (Wildman–Crippen MR) is 125 cm³/mol. The number of benzene rings is 2. The standard InChI is InChI=1S/C26H27NO6/c1-16-20-11-10-19(31-3)15-23(20)33-26(30)21(16)12-13-24(28)32-17(2)25(29)27-14-6-8-18-7-4-5-9-22(18)27/h4-5,7,9-11,15,17H,6,8,12-14H2,1-3H3/t17-/m1/s1. The van der Waals surface area contributed by atoms with Crippen LogP contribution < -0.4 is 15.3 Å². The summed E-state index contributed by atoms with van der Waals surface area (Å²) in [5.74, 6) is -0.183. The predicted octanol–water partition coefficient (Wildman–Crippen LogP) is 3.95. The fourth-order valence-corrected chi connectivity index (χ4v) is 4.31. The fourth-order valence-electron chi connectivity index (χ4n) is 4.31.